The van der Waals surface area contributed by atoms with E-state index in [1.54, 1.807) is 12.7 Å². The molecule has 142 valence electrons. The molecule has 0 bridgehead atoms. The molecule has 3 heteroatoms. The van der Waals surface area contributed by atoms with E-state index in [1.807, 2.05) is 12.1 Å². The summed E-state index contributed by atoms with van der Waals surface area (Å²) >= 11 is 0. The van der Waals surface area contributed by atoms with E-state index in [-0.39, 0.29) is 0 Å². The molecule has 4 rings (SSSR count). The summed E-state index contributed by atoms with van der Waals surface area (Å²) in [6.45, 7) is 8.39. The van der Waals surface area contributed by atoms with Crippen LogP contribution in [-0.4, -0.2) is 44.2 Å². The molecule has 27 heavy (non-hydrogen) atoms. The SMILES string of the molecule is C=CC(C1CCCc2ccccc21)N1CCN(c2ccccc2OC)CC1. The smallest absolute Gasteiger partial charge is 0.142 e. The Morgan fingerprint density at radius 1 is 1.04 bits per heavy atom. The fourth-order valence-electron chi connectivity index (χ4n) is 4.87. The number of hydrogen-bond donors (Lipinski definition) is 0. The predicted molar refractivity (Wildman–Crippen MR) is 113 cm³/mol. The first kappa shape index (κ1) is 18.1. The molecule has 1 heterocycles. The summed E-state index contributed by atoms with van der Waals surface area (Å²) in [4.78, 5) is 5.08. The molecule has 0 saturated carbocycles. The van der Waals surface area contributed by atoms with Crippen LogP contribution in [0, 0.1) is 0 Å². The Kier molecular flexibility index (Phi) is 5.49. The topological polar surface area (TPSA) is 15.7 Å². The van der Waals surface area contributed by atoms with Gasteiger partial charge in [-0.15, -0.1) is 6.58 Å². The number of benzene rings is 2. The van der Waals surface area contributed by atoms with Crippen LogP contribution in [0.25, 0.3) is 0 Å². The zero-order chi connectivity index (χ0) is 18.6. The molecular formula is C24H30N2O. The maximum absolute atomic E-state index is 5.56. The van der Waals surface area contributed by atoms with Crippen molar-refractivity contribution >= 4 is 5.69 Å². The van der Waals surface area contributed by atoms with Crippen molar-refractivity contribution < 1.29 is 4.74 Å². The first-order chi connectivity index (χ1) is 13.3. The molecule has 2 atom stereocenters. The van der Waals surface area contributed by atoms with Crippen LogP contribution in [0.15, 0.2) is 61.2 Å². The molecule has 1 aliphatic carbocycles. The van der Waals surface area contributed by atoms with E-state index in [1.165, 1.54) is 30.5 Å². The van der Waals surface area contributed by atoms with Crippen molar-refractivity contribution in [1.29, 1.82) is 0 Å². The van der Waals surface area contributed by atoms with Gasteiger partial charge in [-0.2, -0.15) is 0 Å². The van der Waals surface area contributed by atoms with Crippen LogP contribution >= 0.6 is 0 Å². The normalized spacial score (nSPS) is 21.4. The highest BCUT2D eigenvalue weighted by Crippen LogP contribution is 2.37. The number of nitrogens with zero attached hydrogens (tertiary/aromatic N) is 2. The Bertz CT molecular complexity index is 779. The standard InChI is InChI=1S/C24H30N2O/c1-3-22(21-12-8-10-19-9-4-5-11-20(19)21)25-15-17-26(18-16-25)23-13-6-7-14-24(23)27-2/h3-7,9,11,13-14,21-22H,1,8,10,12,15-18H2,2H3. The molecule has 3 nitrogen and oxygen atoms in total. The molecule has 2 unspecified atom stereocenters. The molecule has 1 aliphatic heterocycles. The van der Waals surface area contributed by atoms with Crippen molar-refractivity contribution in [2.24, 2.45) is 0 Å². The molecule has 0 N–H and O–H groups in total. The van der Waals surface area contributed by atoms with Crippen molar-refractivity contribution in [1.82, 2.24) is 4.90 Å². The van der Waals surface area contributed by atoms with Gasteiger partial charge in [0.05, 0.1) is 12.8 Å². The summed E-state index contributed by atoms with van der Waals surface area (Å²) < 4.78 is 5.56. The lowest BCUT2D eigenvalue weighted by atomic mass is 9.78. The summed E-state index contributed by atoms with van der Waals surface area (Å²) in [7, 11) is 1.75. The van der Waals surface area contributed by atoms with Crippen LogP contribution in [0.3, 0.4) is 0 Å². The molecule has 2 aromatic rings. The highest BCUT2D eigenvalue weighted by Gasteiger charge is 2.32. The number of fused-ring (bicyclic) bond motifs is 1. The third-order valence-corrected chi connectivity index (χ3v) is 6.23. The third kappa shape index (κ3) is 3.61. The van der Waals surface area contributed by atoms with E-state index in [0.717, 1.165) is 31.9 Å². The molecular weight excluding hydrogens is 332 g/mol. The van der Waals surface area contributed by atoms with Gasteiger partial charge in [0.1, 0.15) is 5.75 Å². The van der Waals surface area contributed by atoms with E-state index >= 15 is 0 Å². The molecule has 0 spiro atoms. The lowest BCUT2D eigenvalue weighted by molar-refractivity contribution is 0.185. The molecule has 1 saturated heterocycles. The Morgan fingerprint density at radius 3 is 2.56 bits per heavy atom. The number of ether oxygens (including phenoxy) is 1. The predicted octanol–water partition coefficient (Wildman–Crippen LogP) is 4.49. The zero-order valence-electron chi connectivity index (χ0n) is 16.3. The second-order valence-corrected chi connectivity index (χ2v) is 7.62. The third-order valence-electron chi connectivity index (χ3n) is 6.23. The second kappa shape index (κ2) is 8.18. The van der Waals surface area contributed by atoms with E-state index in [9.17, 15) is 0 Å². The Balaban J connectivity index is 1.48. The highest BCUT2D eigenvalue weighted by molar-refractivity contribution is 5.58. The minimum absolute atomic E-state index is 0.422. The minimum atomic E-state index is 0.422. The summed E-state index contributed by atoms with van der Waals surface area (Å²) in [5.41, 5.74) is 4.28. The second-order valence-electron chi connectivity index (χ2n) is 7.62. The summed E-state index contributed by atoms with van der Waals surface area (Å²) in [5.74, 6) is 1.54. The fraction of sp³-hybridized carbons (Fsp3) is 0.417. The van der Waals surface area contributed by atoms with Crippen molar-refractivity contribution in [2.45, 2.75) is 31.2 Å². The Morgan fingerprint density at radius 2 is 1.78 bits per heavy atom. The van der Waals surface area contributed by atoms with E-state index in [0.29, 0.717) is 12.0 Å². The van der Waals surface area contributed by atoms with Crippen LogP contribution in [0.2, 0.25) is 0 Å². The highest BCUT2D eigenvalue weighted by atomic mass is 16.5. The number of methoxy groups -OCH3 is 1. The fourth-order valence-corrected chi connectivity index (χ4v) is 4.87. The molecule has 2 aliphatic rings. The van der Waals surface area contributed by atoms with E-state index in [4.69, 9.17) is 4.74 Å². The molecule has 0 aromatic heterocycles. The van der Waals surface area contributed by atoms with E-state index < -0.39 is 0 Å². The summed E-state index contributed by atoms with van der Waals surface area (Å²) in [6.07, 6.45) is 5.96. The summed E-state index contributed by atoms with van der Waals surface area (Å²) in [6, 6.07) is 17.8. The zero-order valence-corrected chi connectivity index (χ0v) is 16.3. The van der Waals surface area contributed by atoms with Crippen LogP contribution < -0.4 is 9.64 Å². The molecule has 0 amide bonds. The van der Waals surface area contributed by atoms with Gasteiger partial charge in [-0.1, -0.05) is 42.5 Å². The maximum Gasteiger partial charge on any atom is 0.142 e. The van der Waals surface area contributed by atoms with Gasteiger partial charge in [-0.25, -0.2) is 0 Å². The first-order valence-corrected chi connectivity index (χ1v) is 10.1. The van der Waals surface area contributed by atoms with Crippen LogP contribution in [0.4, 0.5) is 5.69 Å². The van der Waals surface area contributed by atoms with Crippen molar-refractivity contribution in [2.75, 3.05) is 38.2 Å². The number of para-hydroxylation sites is 2. The average molecular weight is 363 g/mol. The van der Waals surface area contributed by atoms with Crippen molar-refractivity contribution in [3.63, 3.8) is 0 Å². The lowest BCUT2D eigenvalue weighted by Crippen LogP contribution is -2.51. The first-order valence-electron chi connectivity index (χ1n) is 10.1. The van der Waals surface area contributed by atoms with Gasteiger partial charge in [-0.05, 0) is 42.5 Å². The van der Waals surface area contributed by atoms with Crippen LogP contribution in [0.5, 0.6) is 5.75 Å². The summed E-state index contributed by atoms with van der Waals surface area (Å²) in [5, 5.41) is 0. The van der Waals surface area contributed by atoms with Gasteiger partial charge >= 0.3 is 0 Å². The van der Waals surface area contributed by atoms with Gasteiger partial charge in [-0.3, -0.25) is 4.90 Å². The van der Waals surface area contributed by atoms with Crippen LogP contribution in [-0.2, 0) is 6.42 Å². The van der Waals surface area contributed by atoms with Gasteiger partial charge in [0, 0.05) is 38.1 Å². The van der Waals surface area contributed by atoms with Gasteiger partial charge in [0.25, 0.3) is 0 Å². The van der Waals surface area contributed by atoms with Crippen molar-refractivity contribution in [3.8, 4) is 5.75 Å². The number of piperazine rings is 1. The Hall–Kier alpha value is -2.26. The molecule has 1 fully saturated rings. The number of hydrogen-bond acceptors (Lipinski definition) is 3. The molecule has 0 radical (unpaired) electrons. The van der Waals surface area contributed by atoms with Gasteiger partial charge < -0.3 is 9.64 Å². The van der Waals surface area contributed by atoms with Crippen molar-refractivity contribution in [3.05, 3.63) is 72.3 Å². The molecule has 2 aromatic carbocycles. The van der Waals surface area contributed by atoms with Gasteiger partial charge in [0.15, 0.2) is 0 Å². The maximum atomic E-state index is 5.56. The lowest BCUT2D eigenvalue weighted by Gasteiger charge is -2.43. The minimum Gasteiger partial charge on any atom is -0.495 e. The Labute approximate surface area is 163 Å². The largest absolute Gasteiger partial charge is 0.495 e. The van der Waals surface area contributed by atoms with E-state index in [2.05, 4.69) is 58.9 Å². The number of rotatable bonds is 5. The number of aryl methyl sites for hydroxylation is 1. The van der Waals surface area contributed by atoms with Crippen LogP contribution in [0.1, 0.15) is 29.9 Å². The van der Waals surface area contributed by atoms with Gasteiger partial charge in [0.2, 0.25) is 0 Å². The quantitative estimate of drug-likeness (QED) is 0.729. The monoisotopic (exact) mass is 362 g/mol. The number of anilines is 1. The average Bonchev–Trinajstić information content (AvgIpc) is 2.75.